The molecule has 0 spiro atoms. The molecule has 0 fully saturated rings. The van der Waals surface area contributed by atoms with E-state index < -0.39 is 11.9 Å². The van der Waals surface area contributed by atoms with E-state index in [0.29, 0.717) is 29.2 Å². The van der Waals surface area contributed by atoms with Gasteiger partial charge in [0.15, 0.2) is 11.5 Å². The fourth-order valence-electron chi connectivity index (χ4n) is 4.05. The molecule has 0 aliphatic carbocycles. The number of hydrogen-bond acceptors (Lipinski definition) is 5. The second kappa shape index (κ2) is 12.5. The highest BCUT2D eigenvalue weighted by molar-refractivity contribution is 5.97. The minimum absolute atomic E-state index is 0.129. The molecule has 0 saturated heterocycles. The maximum atomic E-state index is 12.7. The van der Waals surface area contributed by atoms with Crippen molar-refractivity contribution in [2.24, 2.45) is 11.0 Å². The monoisotopic (exact) mass is 509 g/mol. The van der Waals surface area contributed by atoms with Crippen LogP contribution < -0.4 is 20.2 Å². The van der Waals surface area contributed by atoms with Gasteiger partial charge in [0.2, 0.25) is 0 Å². The third-order valence-electron chi connectivity index (χ3n) is 6.11. The van der Waals surface area contributed by atoms with E-state index >= 15 is 0 Å². The quantitative estimate of drug-likeness (QED) is 0.223. The molecule has 0 bridgehead atoms. The highest BCUT2D eigenvalue weighted by Gasteiger charge is 2.24. The second-order valence-corrected chi connectivity index (χ2v) is 9.13. The van der Waals surface area contributed by atoms with Crippen molar-refractivity contribution in [1.82, 2.24) is 10.7 Å². The lowest BCUT2D eigenvalue weighted by Gasteiger charge is -2.20. The van der Waals surface area contributed by atoms with Gasteiger partial charge in [0.05, 0.1) is 13.3 Å². The molecular formula is C31H31N3O4. The average Bonchev–Trinajstić information content (AvgIpc) is 2.95. The van der Waals surface area contributed by atoms with Crippen molar-refractivity contribution in [3.8, 4) is 11.5 Å². The minimum Gasteiger partial charge on any atom is -0.493 e. The van der Waals surface area contributed by atoms with Crippen LogP contribution in [-0.2, 0) is 11.4 Å². The molecule has 1 atom stereocenters. The van der Waals surface area contributed by atoms with E-state index in [-0.39, 0.29) is 11.8 Å². The van der Waals surface area contributed by atoms with Crippen LogP contribution in [0, 0.1) is 5.92 Å². The molecule has 4 rings (SSSR count). The molecule has 194 valence electrons. The van der Waals surface area contributed by atoms with E-state index in [0.717, 1.165) is 16.3 Å². The Morgan fingerprint density at radius 3 is 2.39 bits per heavy atom. The molecule has 0 aromatic heterocycles. The predicted octanol–water partition coefficient (Wildman–Crippen LogP) is 5.33. The van der Waals surface area contributed by atoms with Gasteiger partial charge in [-0.1, -0.05) is 74.5 Å². The highest BCUT2D eigenvalue weighted by atomic mass is 16.5. The molecule has 38 heavy (non-hydrogen) atoms. The Balaban J connectivity index is 1.38. The Labute approximate surface area is 222 Å². The largest absolute Gasteiger partial charge is 0.493 e. The number of amides is 2. The summed E-state index contributed by atoms with van der Waals surface area (Å²) < 4.78 is 11.6. The van der Waals surface area contributed by atoms with Crippen LogP contribution >= 0.6 is 0 Å². The number of fused-ring (bicyclic) bond motifs is 1. The first-order chi connectivity index (χ1) is 18.5. The molecule has 0 heterocycles. The van der Waals surface area contributed by atoms with Crippen molar-refractivity contribution in [1.29, 1.82) is 0 Å². The summed E-state index contributed by atoms with van der Waals surface area (Å²) in [4.78, 5) is 25.3. The Morgan fingerprint density at radius 1 is 0.895 bits per heavy atom. The van der Waals surface area contributed by atoms with Crippen LogP contribution in [0.1, 0.15) is 35.3 Å². The van der Waals surface area contributed by atoms with Gasteiger partial charge in [-0.25, -0.2) is 5.43 Å². The molecule has 4 aromatic rings. The molecular weight excluding hydrogens is 478 g/mol. The third-order valence-corrected chi connectivity index (χ3v) is 6.11. The maximum Gasteiger partial charge on any atom is 0.262 e. The van der Waals surface area contributed by atoms with Gasteiger partial charge < -0.3 is 14.8 Å². The Bertz CT molecular complexity index is 1430. The van der Waals surface area contributed by atoms with Gasteiger partial charge in [-0.15, -0.1) is 0 Å². The number of hydrazone groups is 1. The molecule has 7 heteroatoms. The van der Waals surface area contributed by atoms with Crippen molar-refractivity contribution in [2.75, 3.05) is 7.11 Å². The van der Waals surface area contributed by atoms with Crippen molar-refractivity contribution in [2.45, 2.75) is 26.5 Å². The van der Waals surface area contributed by atoms with Crippen LogP contribution in [0.15, 0.2) is 96.1 Å². The fraction of sp³-hybridized carbons (Fsp3) is 0.194. The molecule has 0 aliphatic rings. The number of ether oxygens (including phenoxy) is 2. The summed E-state index contributed by atoms with van der Waals surface area (Å²) in [6.07, 6.45) is 1.52. The Hall–Kier alpha value is -4.65. The Morgan fingerprint density at radius 2 is 1.63 bits per heavy atom. The standard InChI is InChI=1S/C31H31N3O4/c1-21(2)29(33-30(35)24-11-5-4-6-12-24)31(36)34-32-19-22-16-17-27(28(18-22)37-3)38-20-25-14-9-13-23-10-7-8-15-26(23)25/h4-19,21,29H,20H2,1-3H3,(H,33,35)(H,34,36)/b32-19+. The number of hydrogen-bond donors (Lipinski definition) is 2. The van der Waals surface area contributed by atoms with E-state index in [9.17, 15) is 9.59 Å². The normalized spacial score (nSPS) is 11.9. The third kappa shape index (κ3) is 6.56. The van der Waals surface area contributed by atoms with Gasteiger partial charge in [-0.2, -0.15) is 5.10 Å². The second-order valence-electron chi connectivity index (χ2n) is 9.13. The summed E-state index contributed by atoms with van der Waals surface area (Å²) in [5, 5.41) is 9.18. The molecule has 0 saturated carbocycles. The summed E-state index contributed by atoms with van der Waals surface area (Å²) in [6, 6.07) is 27.8. The van der Waals surface area contributed by atoms with E-state index in [2.05, 4.69) is 34.0 Å². The zero-order chi connectivity index (χ0) is 26.9. The van der Waals surface area contributed by atoms with Crippen LogP contribution in [0.2, 0.25) is 0 Å². The molecule has 4 aromatic carbocycles. The average molecular weight is 510 g/mol. The van der Waals surface area contributed by atoms with Gasteiger partial charge in [-0.05, 0) is 58.1 Å². The zero-order valence-corrected chi connectivity index (χ0v) is 21.7. The van der Waals surface area contributed by atoms with E-state index in [4.69, 9.17) is 9.47 Å². The predicted molar refractivity (Wildman–Crippen MR) is 150 cm³/mol. The van der Waals surface area contributed by atoms with Gasteiger partial charge in [0.25, 0.3) is 11.8 Å². The highest BCUT2D eigenvalue weighted by Crippen LogP contribution is 2.29. The number of carbonyl (C=O) groups excluding carboxylic acids is 2. The van der Waals surface area contributed by atoms with Gasteiger partial charge in [0, 0.05) is 5.56 Å². The van der Waals surface area contributed by atoms with Crippen molar-refractivity contribution < 1.29 is 19.1 Å². The van der Waals surface area contributed by atoms with E-state index in [1.165, 1.54) is 6.21 Å². The first-order valence-corrected chi connectivity index (χ1v) is 12.4. The number of carbonyl (C=O) groups is 2. The minimum atomic E-state index is -0.737. The number of rotatable bonds is 10. The van der Waals surface area contributed by atoms with Gasteiger partial charge >= 0.3 is 0 Å². The number of nitrogens with one attached hydrogen (secondary N) is 2. The summed E-state index contributed by atoms with van der Waals surface area (Å²) in [5.74, 6) is 0.312. The van der Waals surface area contributed by atoms with Gasteiger partial charge in [0.1, 0.15) is 12.6 Å². The maximum absolute atomic E-state index is 12.7. The SMILES string of the molecule is COc1cc(/C=N/NC(=O)C(NC(=O)c2ccccc2)C(C)C)ccc1OCc1cccc2ccccc12. The summed E-state index contributed by atoms with van der Waals surface area (Å²) in [7, 11) is 1.57. The van der Waals surface area contributed by atoms with Crippen LogP contribution in [0.4, 0.5) is 0 Å². The van der Waals surface area contributed by atoms with E-state index in [1.54, 1.807) is 37.4 Å². The van der Waals surface area contributed by atoms with Crippen LogP contribution in [0.5, 0.6) is 11.5 Å². The van der Waals surface area contributed by atoms with Crippen LogP contribution in [0.3, 0.4) is 0 Å². The smallest absolute Gasteiger partial charge is 0.262 e. The summed E-state index contributed by atoms with van der Waals surface area (Å²) in [6.45, 7) is 4.12. The van der Waals surface area contributed by atoms with Crippen molar-refractivity contribution in [3.63, 3.8) is 0 Å². The van der Waals surface area contributed by atoms with Crippen LogP contribution in [-0.4, -0.2) is 31.2 Å². The number of benzene rings is 4. The lowest BCUT2D eigenvalue weighted by molar-refractivity contribution is -0.123. The summed E-state index contributed by atoms with van der Waals surface area (Å²) in [5.41, 5.74) is 4.82. The Kier molecular flexibility index (Phi) is 8.72. The summed E-state index contributed by atoms with van der Waals surface area (Å²) >= 11 is 0. The topological polar surface area (TPSA) is 89.0 Å². The van der Waals surface area contributed by atoms with Gasteiger partial charge in [-0.3, -0.25) is 9.59 Å². The first kappa shape index (κ1) is 26.4. The fourth-order valence-corrected chi connectivity index (χ4v) is 4.05. The molecule has 7 nitrogen and oxygen atoms in total. The number of nitrogens with zero attached hydrogens (tertiary/aromatic N) is 1. The lowest BCUT2D eigenvalue weighted by Crippen LogP contribution is -2.48. The lowest BCUT2D eigenvalue weighted by atomic mass is 10.0. The van der Waals surface area contributed by atoms with Crippen LogP contribution in [0.25, 0.3) is 10.8 Å². The van der Waals surface area contributed by atoms with E-state index in [1.807, 2.05) is 56.3 Å². The molecule has 2 amide bonds. The number of methoxy groups -OCH3 is 1. The molecule has 1 unspecified atom stereocenters. The van der Waals surface area contributed by atoms with Crippen molar-refractivity contribution in [3.05, 3.63) is 108 Å². The first-order valence-electron chi connectivity index (χ1n) is 12.4. The molecule has 0 radical (unpaired) electrons. The molecule has 0 aliphatic heterocycles. The van der Waals surface area contributed by atoms with Crippen molar-refractivity contribution >= 4 is 28.8 Å². The molecule has 2 N–H and O–H groups in total. The zero-order valence-electron chi connectivity index (χ0n) is 21.7.